The van der Waals surface area contributed by atoms with Crippen LogP contribution in [0.2, 0.25) is 18.1 Å². The number of allylic oxidation sites excluding steroid dienone is 3. The lowest BCUT2D eigenvalue weighted by Gasteiger charge is -2.58. The summed E-state index contributed by atoms with van der Waals surface area (Å²) >= 11 is 0. The minimum atomic E-state index is -2.26. The van der Waals surface area contributed by atoms with Gasteiger partial charge in [0.15, 0.2) is 8.32 Å². The number of hydrogen-bond acceptors (Lipinski definition) is 2. The van der Waals surface area contributed by atoms with Gasteiger partial charge in [-0.2, -0.15) is 0 Å². The predicted octanol–water partition coefficient (Wildman–Crippen LogP) is 11.0. The first-order valence-electron chi connectivity index (χ1n) is 20.0. The molecule has 3 aromatic carbocycles. The molecule has 2 nitrogen and oxygen atoms in total. The summed E-state index contributed by atoms with van der Waals surface area (Å²) in [6.07, 6.45) is 18.6. The third kappa shape index (κ3) is 5.68. The zero-order valence-corrected chi connectivity index (χ0v) is 34.5. The number of rotatable bonds is 7. The van der Waals surface area contributed by atoms with Gasteiger partial charge in [-0.05, 0) is 134 Å². The van der Waals surface area contributed by atoms with Gasteiger partial charge in [-0.3, -0.25) is 4.98 Å². The normalized spacial score (nSPS) is 29.0. The maximum absolute atomic E-state index is 7.04. The van der Waals surface area contributed by atoms with Gasteiger partial charge in [0, 0.05) is 30.1 Å². The van der Waals surface area contributed by atoms with E-state index in [-0.39, 0.29) is 10.5 Å². The fourth-order valence-electron chi connectivity index (χ4n) is 11.0. The lowest BCUT2D eigenvalue weighted by Crippen LogP contribution is -2.51. The largest absolute Gasteiger partial charge is 0.414 e. The quantitative estimate of drug-likeness (QED) is 0.108. The Hall–Kier alpha value is -3.10. The van der Waals surface area contributed by atoms with Gasteiger partial charge >= 0.3 is 0 Å². The smallest absolute Gasteiger partial charge is 0.192 e. The van der Waals surface area contributed by atoms with Crippen LogP contribution in [0.1, 0.15) is 85.1 Å². The van der Waals surface area contributed by atoms with E-state index in [0.29, 0.717) is 17.4 Å². The zero-order valence-electron chi connectivity index (χ0n) is 32.6. The molecule has 4 aliphatic carbocycles. The number of fused-ring (bicyclic) bond motifs is 5. The molecule has 0 amide bonds. The Kier molecular flexibility index (Phi) is 9.20. The topological polar surface area (TPSA) is 22.1 Å². The van der Waals surface area contributed by atoms with E-state index in [2.05, 4.69) is 163 Å². The lowest BCUT2D eigenvalue weighted by atomic mass is 9.47. The van der Waals surface area contributed by atoms with Crippen LogP contribution in [-0.4, -0.2) is 19.4 Å². The SMILES string of the molecule is CC(C)(C)[Si](C)(C)O[C@H]1CC[C@@]2(C)C(=CC[C@@H]3[C@H]2CC[C@]2(C)C(c4cnccc4[P+](c4ccccc4)(c4ccccc4)c4ccccc4)=CC[C@@H]32)C1. The standard InChI is InChI=1S/C48H59NOPSi/c1-46(2,3)52(6,7)50-36-27-30-47(4)35(33-36)23-24-40-42-25-26-43(48(42,5)31-28-44(40)47)41-34-49-32-29-45(41)51(37-17-11-8-12-18-37,38-19-13-9-14-20-38)39-21-15-10-16-22-39/h8-23,26,29,32,34,36,40,42,44H,24-25,27-28,30-31,33H2,1-7H3/q+1/t36-,40-,42-,44+,47-,48-/m0/s1. The van der Waals surface area contributed by atoms with Crippen molar-refractivity contribution < 1.29 is 4.43 Å². The van der Waals surface area contributed by atoms with Gasteiger partial charge in [0.2, 0.25) is 0 Å². The summed E-state index contributed by atoms with van der Waals surface area (Å²) in [6.45, 7) is 17.3. The van der Waals surface area contributed by atoms with Crippen molar-refractivity contribution in [1.82, 2.24) is 4.98 Å². The predicted molar refractivity (Wildman–Crippen MR) is 226 cm³/mol. The van der Waals surface area contributed by atoms with Crippen LogP contribution >= 0.6 is 7.26 Å². The van der Waals surface area contributed by atoms with Crippen molar-refractivity contribution in [3.05, 3.63) is 133 Å². The number of nitrogens with zero attached hydrogens (tertiary/aromatic N) is 1. The second-order valence-corrected chi connectivity index (χ2v) is 26.5. The molecule has 6 atom stereocenters. The highest BCUT2D eigenvalue weighted by atomic mass is 31.2. The first kappa shape index (κ1) is 35.9. The van der Waals surface area contributed by atoms with Gasteiger partial charge in [0.25, 0.3) is 0 Å². The van der Waals surface area contributed by atoms with Crippen LogP contribution in [0.4, 0.5) is 0 Å². The molecule has 0 unspecified atom stereocenters. The minimum Gasteiger partial charge on any atom is -0.414 e. The number of hydrogen-bond donors (Lipinski definition) is 0. The molecule has 0 radical (unpaired) electrons. The van der Waals surface area contributed by atoms with E-state index in [0.717, 1.165) is 18.3 Å². The minimum absolute atomic E-state index is 0.128. The summed E-state index contributed by atoms with van der Waals surface area (Å²) in [7, 11) is -4.06. The highest BCUT2D eigenvalue weighted by Crippen LogP contribution is 2.67. The molecular weight excluding hydrogens is 666 g/mol. The first-order valence-corrected chi connectivity index (χ1v) is 24.7. The third-order valence-electron chi connectivity index (χ3n) is 14.8. The van der Waals surface area contributed by atoms with Crippen molar-refractivity contribution >= 4 is 42.4 Å². The fraction of sp³-hybridized carbons (Fsp3) is 0.438. The molecular formula is C48H59NOPSi+. The number of benzene rings is 3. The van der Waals surface area contributed by atoms with E-state index in [9.17, 15) is 0 Å². The molecule has 8 rings (SSSR count). The second-order valence-electron chi connectivity index (χ2n) is 18.4. The molecule has 1 heterocycles. The van der Waals surface area contributed by atoms with Gasteiger partial charge in [-0.1, -0.05) is 107 Å². The Bertz CT molecular complexity index is 1870. The zero-order chi connectivity index (χ0) is 36.4. The fourth-order valence-corrected chi connectivity index (χ4v) is 16.8. The molecule has 0 spiro atoms. The monoisotopic (exact) mass is 724 g/mol. The third-order valence-corrected chi connectivity index (χ3v) is 23.7. The van der Waals surface area contributed by atoms with E-state index in [1.165, 1.54) is 65.3 Å². The number of aromatic nitrogens is 1. The van der Waals surface area contributed by atoms with Crippen molar-refractivity contribution in [1.29, 1.82) is 0 Å². The second kappa shape index (κ2) is 13.3. The van der Waals surface area contributed by atoms with Crippen molar-refractivity contribution in [2.75, 3.05) is 0 Å². The Morgan fingerprint density at radius 1 is 0.712 bits per heavy atom. The Morgan fingerprint density at radius 3 is 1.87 bits per heavy atom. The molecule has 2 fully saturated rings. The molecule has 1 aromatic heterocycles. The van der Waals surface area contributed by atoms with Crippen LogP contribution < -0.4 is 21.2 Å². The molecule has 0 aliphatic heterocycles. The van der Waals surface area contributed by atoms with E-state index in [4.69, 9.17) is 9.41 Å². The van der Waals surface area contributed by atoms with E-state index in [1.54, 1.807) is 11.1 Å². The molecule has 52 heavy (non-hydrogen) atoms. The van der Waals surface area contributed by atoms with E-state index < -0.39 is 15.6 Å². The highest BCUT2D eigenvalue weighted by molar-refractivity contribution is 8.01. The molecule has 0 bridgehead atoms. The van der Waals surface area contributed by atoms with Gasteiger partial charge in [0.1, 0.15) is 28.5 Å². The summed E-state index contributed by atoms with van der Waals surface area (Å²) < 4.78 is 7.04. The average Bonchev–Trinajstić information content (AvgIpc) is 3.50. The molecule has 4 heteroatoms. The summed E-state index contributed by atoms with van der Waals surface area (Å²) in [5.74, 6) is 2.13. The van der Waals surface area contributed by atoms with Gasteiger partial charge < -0.3 is 4.43 Å². The maximum Gasteiger partial charge on any atom is 0.192 e. The first-order chi connectivity index (χ1) is 24.9. The summed E-state index contributed by atoms with van der Waals surface area (Å²) in [5, 5.41) is 5.89. The lowest BCUT2D eigenvalue weighted by molar-refractivity contribution is -0.0223. The summed E-state index contributed by atoms with van der Waals surface area (Å²) in [5.41, 5.74) is 5.07. The van der Waals surface area contributed by atoms with Crippen LogP contribution in [0, 0.1) is 28.6 Å². The van der Waals surface area contributed by atoms with Crippen LogP contribution in [-0.2, 0) is 4.43 Å². The molecule has 4 aromatic rings. The van der Waals surface area contributed by atoms with Crippen LogP contribution in [0.3, 0.4) is 0 Å². The van der Waals surface area contributed by atoms with Gasteiger partial charge in [-0.15, -0.1) is 0 Å². The van der Waals surface area contributed by atoms with Crippen molar-refractivity contribution in [3.63, 3.8) is 0 Å². The molecule has 270 valence electrons. The van der Waals surface area contributed by atoms with Crippen LogP contribution in [0.5, 0.6) is 0 Å². The van der Waals surface area contributed by atoms with Crippen LogP contribution in [0.15, 0.2) is 127 Å². The van der Waals surface area contributed by atoms with E-state index in [1.807, 2.05) is 6.20 Å². The Labute approximate surface area is 315 Å². The molecule has 0 N–H and O–H groups in total. The van der Waals surface area contributed by atoms with Gasteiger partial charge in [-0.25, -0.2) is 0 Å². The molecule has 4 aliphatic rings. The average molecular weight is 725 g/mol. The summed E-state index contributed by atoms with van der Waals surface area (Å²) in [4.78, 5) is 4.91. The van der Waals surface area contributed by atoms with Gasteiger partial charge in [0.05, 0.1) is 0 Å². The van der Waals surface area contributed by atoms with Crippen LogP contribution in [0.25, 0.3) is 5.57 Å². The van der Waals surface area contributed by atoms with E-state index >= 15 is 0 Å². The number of pyridine rings is 1. The van der Waals surface area contributed by atoms with Crippen molar-refractivity contribution in [2.45, 2.75) is 104 Å². The maximum atomic E-state index is 7.04. The Morgan fingerprint density at radius 2 is 1.29 bits per heavy atom. The summed E-state index contributed by atoms with van der Waals surface area (Å²) in [6, 6.07) is 36.4. The van der Waals surface area contributed by atoms with Crippen molar-refractivity contribution in [3.8, 4) is 0 Å². The molecule has 0 saturated heterocycles. The molecule has 2 saturated carbocycles. The highest BCUT2D eigenvalue weighted by Gasteiger charge is 2.59. The Balaban J connectivity index is 1.17. The van der Waals surface area contributed by atoms with Crippen molar-refractivity contribution in [2.24, 2.45) is 28.6 Å².